The molecule has 2 N–H and O–H groups in total. The Morgan fingerprint density at radius 3 is 2.54 bits per heavy atom. The SMILES string of the molecule is CCN(c1ccc(I)cc1F)c1c(C(=O)O)c(O)c(C)c(=O)n1C. The summed E-state index contributed by atoms with van der Waals surface area (Å²) in [6.45, 7) is 3.24. The molecule has 0 unspecified atom stereocenters. The zero-order chi connectivity index (χ0) is 18.2. The lowest BCUT2D eigenvalue weighted by atomic mass is 10.1. The maximum atomic E-state index is 14.4. The summed E-state index contributed by atoms with van der Waals surface area (Å²) in [6.07, 6.45) is 0. The van der Waals surface area contributed by atoms with Crippen molar-refractivity contribution in [3.8, 4) is 5.75 Å². The molecule has 0 saturated heterocycles. The molecular weight excluding hydrogens is 430 g/mol. The molecule has 24 heavy (non-hydrogen) atoms. The highest BCUT2D eigenvalue weighted by Gasteiger charge is 2.27. The highest BCUT2D eigenvalue weighted by molar-refractivity contribution is 14.1. The number of anilines is 2. The maximum absolute atomic E-state index is 14.4. The van der Waals surface area contributed by atoms with Crippen molar-refractivity contribution in [1.82, 2.24) is 4.57 Å². The molecular formula is C16H16FIN2O4. The summed E-state index contributed by atoms with van der Waals surface area (Å²) in [4.78, 5) is 25.3. The minimum Gasteiger partial charge on any atom is -0.506 e. The van der Waals surface area contributed by atoms with Crippen molar-refractivity contribution in [1.29, 1.82) is 0 Å². The molecule has 1 aromatic heterocycles. The van der Waals surface area contributed by atoms with Gasteiger partial charge in [0, 0.05) is 17.2 Å². The van der Waals surface area contributed by atoms with Crippen molar-refractivity contribution in [3.63, 3.8) is 0 Å². The number of carboxylic acids is 1. The fraction of sp³-hybridized carbons (Fsp3) is 0.250. The van der Waals surface area contributed by atoms with Crippen LogP contribution in [0.5, 0.6) is 5.75 Å². The van der Waals surface area contributed by atoms with Gasteiger partial charge in [0.2, 0.25) is 0 Å². The topological polar surface area (TPSA) is 82.8 Å². The van der Waals surface area contributed by atoms with Crippen molar-refractivity contribution in [2.75, 3.05) is 11.4 Å². The van der Waals surface area contributed by atoms with E-state index in [-0.39, 0.29) is 23.6 Å². The number of hydrogen-bond acceptors (Lipinski definition) is 4. The van der Waals surface area contributed by atoms with Gasteiger partial charge in [-0.05, 0) is 54.6 Å². The Morgan fingerprint density at radius 1 is 1.42 bits per heavy atom. The van der Waals surface area contributed by atoms with Crippen LogP contribution < -0.4 is 10.5 Å². The molecule has 0 aliphatic rings. The Labute approximate surface area is 151 Å². The Bertz CT molecular complexity index is 879. The van der Waals surface area contributed by atoms with Gasteiger partial charge in [-0.3, -0.25) is 9.36 Å². The smallest absolute Gasteiger partial charge is 0.343 e. The van der Waals surface area contributed by atoms with Crippen LogP contribution in [0.1, 0.15) is 22.8 Å². The van der Waals surface area contributed by atoms with Gasteiger partial charge in [-0.1, -0.05) is 0 Å². The summed E-state index contributed by atoms with van der Waals surface area (Å²) >= 11 is 1.96. The third-order valence-electron chi connectivity index (χ3n) is 3.75. The first kappa shape index (κ1) is 18.2. The van der Waals surface area contributed by atoms with Gasteiger partial charge in [0.1, 0.15) is 22.9 Å². The third kappa shape index (κ3) is 2.97. The van der Waals surface area contributed by atoms with Gasteiger partial charge in [-0.15, -0.1) is 0 Å². The molecule has 1 heterocycles. The molecule has 0 aliphatic carbocycles. The van der Waals surface area contributed by atoms with Crippen LogP contribution in [0.4, 0.5) is 15.9 Å². The Morgan fingerprint density at radius 2 is 2.04 bits per heavy atom. The van der Waals surface area contributed by atoms with Gasteiger partial charge in [-0.2, -0.15) is 0 Å². The zero-order valence-electron chi connectivity index (χ0n) is 13.3. The van der Waals surface area contributed by atoms with Crippen LogP contribution >= 0.6 is 22.6 Å². The second-order valence-electron chi connectivity index (χ2n) is 5.18. The lowest BCUT2D eigenvalue weighted by Gasteiger charge is -2.28. The van der Waals surface area contributed by atoms with Gasteiger partial charge >= 0.3 is 5.97 Å². The largest absolute Gasteiger partial charge is 0.506 e. The average Bonchev–Trinajstić information content (AvgIpc) is 2.52. The van der Waals surface area contributed by atoms with Crippen molar-refractivity contribution >= 4 is 40.1 Å². The molecule has 0 amide bonds. The van der Waals surface area contributed by atoms with E-state index in [0.29, 0.717) is 3.57 Å². The number of halogens is 2. The minimum atomic E-state index is -1.40. The van der Waals surface area contributed by atoms with Crippen LogP contribution in [0, 0.1) is 16.3 Å². The monoisotopic (exact) mass is 446 g/mol. The molecule has 8 heteroatoms. The number of aromatic hydroxyl groups is 1. The minimum absolute atomic E-state index is 0.0711. The van der Waals surface area contributed by atoms with Crippen LogP contribution in [-0.2, 0) is 7.05 Å². The normalized spacial score (nSPS) is 10.7. The Hall–Kier alpha value is -2.10. The molecule has 1 aromatic carbocycles. The number of aromatic nitrogens is 1. The van der Waals surface area contributed by atoms with Crippen molar-refractivity contribution in [3.05, 3.63) is 49.1 Å². The van der Waals surface area contributed by atoms with E-state index < -0.39 is 28.7 Å². The number of nitrogens with zero attached hydrogens (tertiary/aromatic N) is 2. The second kappa shape index (κ2) is 6.80. The summed E-state index contributed by atoms with van der Waals surface area (Å²) in [7, 11) is 1.39. The van der Waals surface area contributed by atoms with E-state index in [4.69, 9.17) is 0 Å². The molecule has 6 nitrogen and oxygen atoms in total. The van der Waals surface area contributed by atoms with Gasteiger partial charge in [0.05, 0.1) is 11.3 Å². The van der Waals surface area contributed by atoms with Crippen LogP contribution in [0.3, 0.4) is 0 Å². The summed E-state index contributed by atoms with van der Waals surface area (Å²) in [5.41, 5.74) is -0.928. The number of pyridine rings is 1. The molecule has 2 aromatic rings. The van der Waals surface area contributed by atoms with Crippen molar-refractivity contribution in [2.24, 2.45) is 7.05 Å². The molecule has 0 atom stereocenters. The molecule has 0 radical (unpaired) electrons. The van der Waals surface area contributed by atoms with Crippen molar-refractivity contribution < 1.29 is 19.4 Å². The summed E-state index contributed by atoms with van der Waals surface area (Å²) in [5.74, 6) is -2.62. The lowest BCUT2D eigenvalue weighted by Crippen LogP contribution is -2.31. The molecule has 0 aliphatic heterocycles. The van der Waals surface area contributed by atoms with Gasteiger partial charge in [0.25, 0.3) is 5.56 Å². The van der Waals surface area contributed by atoms with Crippen LogP contribution in [0.2, 0.25) is 0 Å². The van der Waals surface area contributed by atoms with E-state index in [1.165, 1.54) is 31.0 Å². The Kier molecular flexibility index (Phi) is 5.16. The highest BCUT2D eigenvalue weighted by atomic mass is 127. The highest BCUT2D eigenvalue weighted by Crippen LogP contribution is 2.34. The first-order valence-corrected chi connectivity index (χ1v) is 8.17. The number of hydrogen-bond donors (Lipinski definition) is 2. The predicted molar refractivity (Wildman–Crippen MR) is 96.8 cm³/mol. The summed E-state index contributed by atoms with van der Waals surface area (Å²) < 4.78 is 16.2. The van der Waals surface area contributed by atoms with Gasteiger partial charge in [-0.25, -0.2) is 9.18 Å². The number of rotatable bonds is 4. The van der Waals surface area contributed by atoms with Crippen LogP contribution in [0.25, 0.3) is 0 Å². The molecule has 0 saturated carbocycles. The van der Waals surface area contributed by atoms with E-state index >= 15 is 0 Å². The van der Waals surface area contributed by atoms with E-state index in [9.17, 15) is 24.2 Å². The van der Waals surface area contributed by atoms with Crippen LogP contribution in [-0.4, -0.2) is 27.3 Å². The molecule has 0 fully saturated rings. The standard InChI is InChI=1S/C16H16FIN2O4/c1-4-20(11-6-5-9(18)7-10(11)17)14-12(16(23)24)13(21)8(2)15(22)19(14)3/h5-7,21H,4H2,1-3H3,(H,23,24). The fourth-order valence-electron chi connectivity index (χ4n) is 2.56. The quantitative estimate of drug-likeness (QED) is 0.706. The number of carbonyl (C=O) groups is 1. The molecule has 128 valence electrons. The second-order valence-corrected chi connectivity index (χ2v) is 6.43. The fourth-order valence-corrected chi connectivity index (χ4v) is 3.01. The predicted octanol–water partition coefficient (Wildman–Crippen LogP) is 3.00. The van der Waals surface area contributed by atoms with Gasteiger partial charge < -0.3 is 15.1 Å². The van der Waals surface area contributed by atoms with E-state index in [1.807, 2.05) is 22.6 Å². The third-order valence-corrected chi connectivity index (χ3v) is 4.42. The summed E-state index contributed by atoms with van der Waals surface area (Å²) in [6, 6.07) is 4.49. The average molecular weight is 446 g/mol. The number of carboxylic acid groups (broad SMARTS) is 1. The molecule has 2 rings (SSSR count). The van der Waals surface area contributed by atoms with E-state index in [0.717, 1.165) is 4.57 Å². The molecule has 0 spiro atoms. The Balaban J connectivity index is 2.86. The first-order chi connectivity index (χ1) is 11.2. The lowest BCUT2D eigenvalue weighted by molar-refractivity contribution is 0.0693. The first-order valence-electron chi connectivity index (χ1n) is 7.09. The van der Waals surface area contributed by atoms with Gasteiger partial charge in [0.15, 0.2) is 0 Å². The van der Waals surface area contributed by atoms with E-state index in [2.05, 4.69) is 0 Å². The van der Waals surface area contributed by atoms with Crippen molar-refractivity contribution in [2.45, 2.75) is 13.8 Å². The van der Waals surface area contributed by atoms with E-state index in [1.54, 1.807) is 13.0 Å². The number of benzene rings is 1. The number of aromatic carboxylic acids is 1. The zero-order valence-corrected chi connectivity index (χ0v) is 15.5. The van der Waals surface area contributed by atoms with Crippen LogP contribution in [0.15, 0.2) is 23.0 Å². The maximum Gasteiger partial charge on any atom is 0.343 e. The summed E-state index contributed by atoms with van der Waals surface area (Å²) in [5, 5.41) is 19.6. The molecule has 0 bridgehead atoms.